The van der Waals surface area contributed by atoms with E-state index in [9.17, 15) is 9.90 Å². The second-order valence-electron chi connectivity index (χ2n) is 4.94. The molecule has 114 valence electrons. The first-order valence-electron chi connectivity index (χ1n) is 6.99. The van der Waals surface area contributed by atoms with Crippen molar-refractivity contribution in [1.82, 2.24) is 5.32 Å². The second kappa shape index (κ2) is 7.78. The molecule has 21 heavy (non-hydrogen) atoms. The number of rotatable bonds is 6. The molecule has 0 atom stereocenters. The molecule has 0 aromatic heterocycles. The van der Waals surface area contributed by atoms with Gasteiger partial charge in [0.1, 0.15) is 5.75 Å². The number of hydrogen-bond donors (Lipinski definition) is 3. The highest BCUT2D eigenvalue weighted by Crippen LogP contribution is 2.31. The van der Waals surface area contributed by atoms with E-state index in [0.717, 1.165) is 12.8 Å². The Balaban J connectivity index is 2.70. The first-order chi connectivity index (χ1) is 9.97. The van der Waals surface area contributed by atoms with E-state index in [0.29, 0.717) is 12.1 Å². The van der Waals surface area contributed by atoms with E-state index in [1.165, 1.54) is 0 Å². The maximum absolute atomic E-state index is 12.4. The van der Waals surface area contributed by atoms with Gasteiger partial charge in [0.25, 0.3) is 0 Å². The zero-order valence-corrected chi connectivity index (χ0v) is 13.3. The quantitative estimate of drug-likeness (QED) is 0.427. The lowest BCUT2D eigenvalue weighted by molar-refractivity contribution is -0.129. The molecular weight excluding hydrogens is 284 g/mol. The summed E-state index contributed by atoms with van der Waals surface area (Å²) in [7, 11) is 0. The van der Waals surface area contributed by atoms with Gasteiger partial charge in [-0.25, -0.2) is 0 Å². The minimum Gasteiger partial charge on any atom is -0.508 e. The second-order valence-corrected chi connectivity index (χ2v) is 5.34. The molecule has 0 bridgehead atoms. The van der Waals surface area contributed by atoms with Gasteiger partial charge in [0.05, 0.1) is 5.41 Å². The van der Waals surface area contributed by atoms with Crippen LogP contribution in [0.4, 0.5) is 5.69 Å². The van der Waals surface area contributed by atoms with Crippen LogP contribution in [0.15, 0.2) is 36.9 Å². The zero-order chi connectivity index (χ0) is 15.9. The fraction of sp³-hybridized carbons (Fsp3) is 0.375. The predicted octanol–water partition coefficient (Wildman–Crippen LogP) is 3.59. The first-order valence-corrected chi connectivity index (χ1v) is 7.40. The Morgan fingerprint density at radius 3 is 2.38 bits per heavy atom. The Morgan fingerprint density at radius 2 is 1.90 bits per heavy atom. The van der Waals surface area contributed by atoms with Gasteiger partial charge in [-0.3, -0.25) is 4.79 Å². The highest BCUT2D eigenvalue weighted by atomic mass is 32.1. The van der Waals surface area contributed by atoms with E-state index >= 15 is 0 Å². The third-order valence-corrected chi connectivity index (χ3v) is 3.93. The Hall–Kier alpha value is -1.88. The number of allylic oxidation sites excluding steroid dienone is 1. The average molecular weight is 306 g/mol. The summed E-state index contributed by atoms with van der Waals surface area (Å²) < 4.78 is 0. The van der Waals surface area contributed by atoms with Crippen LogP contribution < -0.4 is 10.6 Å². The van der Waals surface area contributed by atoms with Crippen LogP contribution in [0.1, 0.15) is 33.1 Å². The molecule has 0 aliphatic carbocycles. The summed E-state index contributed by atoms with van der Waals surface area (Å²) >= 11 is 5.16. The van der Waals surface area contributed by atoms with Crippen LogP contribution in [-0.4, -0.2) is 16.1 Å². The van der Waals surface area contributed by atoms with E-state index < -0.39 is 5.41 Å². The normalized spacial score (nSPS) is 10.8. The van der Waals surface area contributed by atoms with Crippen LogP contribution in [0.2, 0.25) is 0 Å². The largest absolute Gasteiger partial charge is 0.508 e. The molecule has 0 fully saturated rings. The van der Waals surface area contributed by atoms with Crippen molar-refractivity contribution in [2.45, 2.75) is 33.1 Å². The molecule has 1 aromatic rings. The lowest BCUT2D eigenvalue weighted by atomic mass is 9.78. The maximum atomic E-state index is 12.4. The molecule has 1 aromatic carbocycles. The van der Waals surface area contributed by atoms with E-state index in [2.05, 4.69) is 17.2 Å². The Kier molecular flexibility index (Phi) is 6.37. The molecule has 1 amide bonds. The smallest absolute Gasteiger partial charge is 0.232 e. The minimum atomic E-state index is -0.470. The van der Waals surface area contributed by atoms with Gasteiger partial charge in [-0.1, -0.05) is 19.9 Å². The SMILES string of the molecule is C=CCC(CC)(CC)C(=O)NC(=S)Nc1ccc(O)cc1. The summed E-state index contributed by atoms with van der Waals surface area (Å²) in [6, 6.07) is 6.47. The number of thiocarbonyl (C=S) groups is 1. The predicted molar refractivity (Wildman–Crippen MR) is 90.3 cm³/mol. The summed E-state index contributed by atoms with van der Waals surface area (Å²) in [5.41, 5.74) is 0.239. The van der Waals surface area contributed by atoms with Gasteiger partial charge >= 0.3 is 0 Å². The molecular formula is C16H22N2O2S. The summed E-state index contributed by atoms with van der Waals surface area (Å²) in [6.07, 6.45) is 3.84. The molecule has 0 saturated heterocycles. The summed E-state index contributed by atoms with van der Waals surface area (Å²) in [5.74, 6) is 0.0844. The summed E-state index contributed by atoms with van der Waals surface area (Å²) in [5, 5.41) is 15.1. The van der Waals surface area contributed by atoms with Crippen LogP contribution in [0.3, 0.4) is 0 Å². The van der Waals surface area contributed by atoms with Crippen molar-refractivity contribution in [3.05, 3.63) is 36.9 Å². The van der Waals surface area contributed by atoms with Gasteiger partial charge in [0.2, 0.25) is 5.91 Å². The molecule has 4 nitrogen and oxygen atoms in total. The Labute approximate surface area is 131 Å². The van der Waals surface area contributed by atoms with Gasteiger partial charge < -0.3 is 15.7 Å². The van der Waals surface area contributed by atoms with Crippen molar-refractivity contribution in [1.29, 1.82) is 0 Å². The molecule has 3 N–H and O–H groups in total. The van der Waals surface area contributed by atoms with Crippen molar-refractivity contribution in [2.75, 3.05) is 5.32 Å². The highest BCUT2D eigenvalue weighted by molar-refractivity contribution is 7.80. The molecule has 0 unspecified atom stereocenters. The van der Waals surface area contributed by atoms with Crippen molar-refractivity contribution in [3.8, 4) is 5.75 Å². The van der Waals surface area contributed by atoms with Crippen LogP contribution in [0.25, 0.3) is 0 Å². The number of carbonyl (C=O) groups is 1. The lowest BCUT2D eigenvalue weighted by Crippen LogP contribution is -2.44. The number of benzene rings is 1. The fourth-order valence-electron chi connectivity index (χ4n) is 2.17. The Bertz CT molecular complexity index is 508. The number of amides is 1. The number of phenols is 1. The zero-order valence-electron chi connectivity index (χ0n) is 12.5. The molecule has 0 aliphatic rings. The monoisotopic (exact) mass is 306 g/mol. The third-order valence-electron chi connectivity index (χ3n) is 3.72. The fourth-order valence-corrected chi connectivity index (χ4v) is 2.38. The van der Waals surface area contributed by atoms with E-state index in [1.54, 1.807) is 30.3 Å². The van der Waals surface area contributed by atoms with Crippen LogP contribution in [0, 0.1) is 5.41 Å². The van der Waals surface area contributed by atoms with E-state index in [4.69, 9.17) is 12.2 Å². The number of anilines is 1. The van der Waals surface area contributed by atoms with E-state index in [-0.39, 0.29) is 16.8 Å². The first kappa shape index (κ1) is 17.2. The van der Waals surface area contributed by atoms with Gasteiger partial charge in [-0.2, -0.15) is 0 Å². The Morgan fingerprint density at radius 1 is 1.33 bits per heavy atom. The molecule has 0 radical (unpaired) electrons. The summed E-state index contributed by atoms with van der Waals surface area (Å²) in [4.78, 5) is 12.4. The van der Waals surface area contributed by atoms with Crippen LogP contribution in [-0.2, 0) is 4.79 Å². The maximum Gasteiger partial charge on any atom is 0.232 e. The van der Waals surface area contributed by atoms with Crippen LogP contribution >= 0.6 is 12.2 Å². The average Bonchev–Trinajstić information content (AvgIpc) is 2.47. The third kappa shape index (κ3) is 4.56. The topological polar surface area (TPSA) is 61.4 Å². The number of nitrogens with one attached hydrogen (secondary N) is 2. The standard InChI is InChI=1S/C16H22N2O2S/c1-4-11-16(5-2,6-3)14(20)18-15(21)17-12-7-9-13(19)10-8-12/h4,7-10,19H,1,5-6,11H2,2-3H3,(H2,17,18,20,21). The van der Waals surface area contributed by atoms with Gasteiger partial charge in [-0.05, 0) is 55.7 Å². The van der Waals surface area contributed by atoms with E-state index in [1.807, 2.05) is 13.8 Å². The van der Waals surface area contributed by atoms with Gasteiger partial charge in [-0.15, -0.1) is 6.58 Å². The molecule has 0 saturated carbocycles. The van der Waals surface area contributed by atoms with Crippen molar-refractivity contribution < 1.29 is 9.90 Å². The molecule has 1 rings (SSSR count). The van der Waals surface area contributed by atoms with Crippen molar-refractivity contribution >= 4 is 28.9 Å². The molecule has 0 spiro atoms. The number of carbonyl (C=O) groups excluding carboxylic acids is 1. The van der Waals surface area contributed by atoms with Gasteiger partial charge in [0.15, 0.2) is 5.11 Å². The molecule has 0 heterocycles. The number of phenolic OH excluding ortho intramolecular Hbond substituents is 1. The highest BCUT2D eigenvalue weighted by Gasteiger charge is 2.33. The lowest BCUT2D eigenvalue weighted by Gasteiger charge is -2.29. The van der Waals surface area contributed by atoms with Crippen LogP contribution in [0.5, 0.6) is 5.75 Å². The summed E-state index contributed by atoms with van der Waals surface area (Å²) in [6.45, 7) is 7.71. The number of aromatic hydroxyl groups is 1. The van der Waals surface area contributed by atoms with Gasteiger partial charge in [0, 0.05) is 5.69 Å². The van der Waals surface area contributed by atoms with Crippen molar-refractivity contribution in [2.24, 2.45) is 5.41 Å². The molecule has 5 heteroatoms. The molecule has 0 aliphatic heterocycles. The van der Waals surface area contributed by atoms with Crippen molar-refractivity contribution in [3.63, 3.8) is 0 Å². The minimum absolute atomic E-state index is 0.0938. The number of hydrogen-bond acceptors (Lipinski definition) is 3.